The van der Waals surface area contributed by atoms with Gasteiger partial charge in [-0.25, -0.2) is 0 Å². The Morgan fingerprint density at radius 3 is 2.76 bits per heavy atom. The van der Waals surface area contributed by atoms with Crippen LogP contribution in [0.1, 0.15) is 31.4 Å². The van der Waals surface area contributed by atoms with Crippen LogP contribution < -0.4 is 5.73 Å². The molecule has 0 fully saturated rings. The molecule has 1 aromatic rings. The van der Waals surface area contributed by atoms with Crippen molar-refractivity contribution in [2.45, 2.75) is 33.6 Å². The second-order valence-corrected chi connectivity index (χ2v) is 5.35. The van der Waals surface area contributed by atoms with Crippen molar-refractivity contribution in [1.82, 2.24) is 4.90 Å². The highest BCUT2D eigenvalue weighted by molar-refractivity contribution is 5.83. The van der Waals surface area contributed by atoms with Crippen LogP contribution in [0.4, 0.5) is 0 Å². The zero-order valence-electron chi connectivity index (χ0n) is 13.0. The first-order valence-electron chi connectivity index (χ1n) is 7.28. The Labute approximate surface area is 126 Å². The normalized spacial score (nSPS) is 13.0. The SMILES string of the molecule is CCN(CC(C)C(N)=NO)C(=O)CCc1cccc(C)c1. The molecule has 1 atom stereocenters. The van der Waals surface area contributed by atoms with Crippen molar-refractivity contribution in [3.05, 3.63) is 35.4 Å². The smallest absolute Gasteiger partial charge is 0.222 e. The van der Waals surface area contributed by atoms with E-state index in [1.165, 1.54) is 11.1 Å². The van der Waals surface area contributed by atoms with Crippen LogP contribution in [0.15, 0.2) is 29.4 Å². The lowest BCUT2D eigenvalue weighted by molar-refractivity contribution is -0.131. The molecule has 1 amide bonds. The Balaban J connectivity index is 2.55. The summed E-state index contributed by atoms with van der Waals surface area (Å²) in [6.07, 6.45) is 1.20. The summed E-state index contributed by atoms with van der Waals surface area (Å²) in [7, 11) is 0. The van der Waals surface area contributed by atoms with E-state index in [1.54, 1.807) is 4.90 Å². The van der Waals surface area contributed by atoms with E-state index in [0.717, 1.165) is 6.42 Å². The van der Waals surface area contributed by atoms with Crippen molar-refractivity contribution in [3.63, 3.8) is 0 Å². The van der Waals surface area contributed by atoms with Gasteiger partial charge in [0.1, 0.15) is 5.84 Å². The van der Waals surface area contributed by atoms with Gasteiger partial charge in [-0.05, 0) is 25.8 Å². The van der Waals surface area contributed by atoms with Crippen LogP contribution in [0.25, 0.3) is 0 Å². The molecular formula is C16H25N3O2. The fourth-order valence-electron chi connectivity index (χ4n) is 2.21. The van der Waals surface area contributed by atoms with Gasteiger partial charge in [-0.3, -0.25) is 4.79 Å². The van der Waals surface area contributed by atoms with Gasteiger partial charge in [0.15, 0.2) is 0 Å². The molecule has 1 unspecified atom stereocenters. The Kier molecular flexibility index (Phi) is 6.72. The largest absolute Gasteiger partial charge is 0.409 e. The van der Waals surface area contributed by atoms with Crippen molar-refractivity contribution in [2.75, 3.05) is 13.1 Å². The minimum Gasteiger partial charge on any atom is -0.409 e. The maximum Gasteiger partial charge on any atom is 0.222 e. The Bertz CT molecular complexity index is 500. The van der Waals surface area contributed by atoms with Gasteiger partial charge >= 0.3 is 0 Å². The van der Waals surface area contributed by atoms with Crippen LogP contribution in [-0.2, 0) is 11.2 Å². The van der Waals surface area contributed by atoms with Crippen LogP contribution >= 0.6 is 0 Å². The molecular weight excluding hydrogens is 266 g/mol. The van der Waals surface area contributed by atoms with Crippen molar-refractivity contribution in [2.24, 2.45) is 16.8 Å². The minimum atomic E-state index is -0.155. The van der Waals surface area contributed by atoms with E-state index < -0.39 is 0 Å². The average Bonchev–Trinajstić information content (AvgIpc) is 2.49. The fourth-order valence-corrected chi connectivity index (χ4v) is 2.21. The van der Waals surface area contributed by atoms with E-state index in [9.17, 15) is 4.79 Å². The van der Waals surface area contributed by atoms with Gasteiger partial charge in [-0.2, -0.15) is 0 Å². The van der Waals surface area contributed by atoms with Gasteiger partial charge in [0.25, 0.3) is 0 Å². The number of benzene rings is 1. The van der Waals surface area contributed by atoms with Crippen LogP contribution in [-0.4, -0.2) is 34.9 Å². The molecule has 3 N–H and O–H groups in total. The number of nitrogens with two attached hydrogens (primary N) is 1. The lowest BCUT2D eigenvalue weighted by Crippen LogP contribution is -2.38. The highest BCUT2D eigenvalue weighted by Gasteiger charge is 2.17. The van der Waals surface area contributed by atoms with E-state index in [1.807, 2.05) is 39.0 Å². The van der Waals surface area contributed by atoms with E-state index >= 15 is 0 Å². The van der Waals surface area contributed by atoms with Crippen LogP contribution in [0.3, 0.4) is 0 Å². The summed E-state index contributed by atoms with van der Waals surface area (Å²) in [6.45, 7) is 6.91. The number of hydrogen-bond donors (Lipinski definition) is 2. The maximum atomic E-state index is 12.3. The standard InChI is InChI=1S/C16H25N3O2/c1-4-19(11-13(3)16(17)18-21)15(20)9-8-14-7-5-6-12(2)10-14/h5-7,10,13,21H,4,8-9,11H2,1-3H3,(H2,17,18). The number of aryl methyl sites for hydroxylation is 2. The van der Waals surface area contributed by atoms with Gasteiger partial charge in [0.05, 0.1) is 0 Å². The Morgan fingerprint density at radius 2 is 2.19 bits per heavy atom. The van der Waals surface area contributed by atoms with Gasteiger partial charge < -0.3 is 15.8 Å². The molecule has 0 spiro atoms. The average molecular weight is 291 g/mol. The third kappa shape index (κ3) is 5.45. The summed E-state index contributed by atoms with van der Waals surface area (Å²) in [6, 6.07) is 8.19. The fraction of sp³-hybridized carbons (Fsp3) is 0.500. The quantitative estimate of drug-likeness (QED) is 0.350. The van der Waals surface area contributed by atoms with Crippen molar-refractivity contribution in [1.29, 1.82) is 0 Å². The molecule has 0 heterocycles. The third-order valence-corrected chi connectivity index (χ3v) is 3.56. The minimum absolute atomic E-state index is 0.0941. The van der Waals surface area contributed by atoms with Crippen molar-refractivity contribution in [3.8, 4) is 0 Å². The molecule has 0 aliphatic carbocycles. The summed E-state index contributed by atoms with van der Waals surface area (Å²) < 4.78 is 0. The third-order valence-electron chi connectivity index (χ3n) is 3.56. The second-order valence-electron chi connectivity index (χ2n) is 5.35. The number of nitrogens with zero attached hydrogens (tertiary/aromatic N) is 2. The van der Waals surface area contributed by atoms with Crippen LogP contribution in [0, 0.1) is 12.8 Å². The van der Waals surface area contributed by atoms with E-state index in [-0.39, 0.29) is 17.7 Å². The number of amides is 1. The Hall–Kier alpha value is -2.04. The molecule has 5 nitrogen and oxygen atoms in total. The number of carbonyl (C=O) groups is 1. The molecule has 0 aliphatic heterocycles. The van der Waals surface area contributed by atoms with E-state index in [2.05, 4.69) is 11.2 Å². The first-order valence-corrected chi connectivity index (χ1v) is 7.28. The number of amidine groups is 1. The molecule has 0 saturated carbocycles. The second kappa shape index (κ2) is 8.29. The molecule has 116 valence electrons. The Morgan fingerprint density at radius 1 is 1.48 bits per heavy atom. The van der Waals surface area contributed by atoms with E-state index in [0.29, 0.717) is 19.5 Å². The zero-order chi connectivity index (χ0) is 15.8. The molecule has 21 heavy (non-hydrogen) atoms. The first kappa shape index (κ1) is 17.0. The molecule has 1 rings (SSSR count). The molecule has 0 aliphatic rings. The van der Waals surface area contributed by atoms with Crippen LogP contribution in [0.5, 0.6) is 0 Å². The predicted molar refractivity (Wildman–Crippen MR) is 84.3 cm³/mol. The topological polar surface area (TPSA) is 78.9 Å². The monoisotopic (exact) mass is 291 g/mol. The van der Waals surface area contributed by atoms with E-state index in [4.69, 9.17) is 10.9 Å². The van der Waals surface area contributed by atoms with Gasteiger partial charge in [-0.1, -0.05) is 41.9 Å². The van der Waals surface area contributed by atoms with Gasteiger partial charge in [0, 0.05) is 25.4 Å². The van der Waals surface area contributed by atoms with Crippen molar-refractivity contribution >= 4 is 11.7 Å². The highest BCUT2D eigenvalue weighted by atomic mass is 16.4. The summed E-state index contributed by atoms with van der Waals surface area (Å²) >= 11 is 0. The zero-order valence-corrected chi connectivity index (χ0v) is 13.0. The lowest BCUT2D eigenvalue weighted by Gasteiger charge is -2.24. The summed E-state index contributed by atoms with van der Waals surface area (Å²) in [4.78, 5) is 14.0. The molecule has 1 aromatic carbocycles. The molecule has 0 bridgehead atoms. The summed E-state index contributed by atoms with van der Waals surface area (Å²) in [5, 5.41) is 11.7. The summed E-state index contributed by atoms with van der Waals surface area (Å²) in [5.74, 6) is 0.0920. The molecule has 0 saturated heterocycles. The highest BCUT2D eigenvalue weighted by Crippen LogP contribution is 2.09. The van der Waals surface area contributed by atoms with Crippen LogP contribution in [0.2, 0.25) is 0 Å². The lowest BCUT2D eigenvalue weighted by atomic mass is 10.1. The number of hydrogen-bond acceptors (Lipinski definition) is 3. The maximum absolute atomic E-state index is 12.3. The first-order chi connectivity index (χ1) is 9.97. The number of oxime groups is 1. The predicted octanol–water partition coefficient (Wildman–Crippen LogP) is 2.16. The molecule has 0 aromatic heterocycles. The van der Waals surface area contributed by atoms with Gasteiger partial charge in [-0.15, -0.1) is 0 Å². The molecule has 5 heteroatoms. The van der Waals surface area contributed by atoms with Crippen molar-refractivity contribution < 1.29 is 10.0 Å². The van der Waals surface area contributed by atoms with Gasteiger partial charge in [0.2, 0.25) is 5.91 Å². The molecule has 0 radical (unpaired) electrons. The summed E-state index contributed by atoms with van der Waals surface area (Å²) in [5.41, 5.74) is 7.94. The number of rotatable bonds is 7. The number of carbonyl (C=O) groups excluding carboxylic acids is 1.